The van der Waals surface area contributed by atoms with Crippen LogP contribution in [0, 0.1) is 0 Å². The molecule has 0 saturated carbocycles. The molecule has 3 nitrogen and oxygen atoms in total. The summed E-state index contributed by atoms with van der Waals surface area (Å²) in [6, 6.07) is 7.12. The van der Waals surface area contributed by atoms with Gasteiger partial charge in [-0.25, -0.2) is 0 Å². The molecule has 2 aromatic rings. The Morgan fingerprint density at radius 1 is 1.47 bits per heavy atom. The fourth-order valence-electron chi connectivity index (χ4n) is 1.52. The third-order valence-corrected chi connectivity index (χ3v) is 3.33. The number of aliphatic carboxylic acids is 1. The molecular weight excluding hydrogens is 210 g/mol. The standard InChI is InChI=1S/C11H11NO2S/c12-9(11(13)14)5-7-6-15-10-4-2-1-3-8(7)10/h1-4,6,9H,5,12H2,(H,13,14)/t9-/m1/s1. The van der Waals surface area contributed by atoms with Gasteiger partial charge in [-0.05, 0) is 28.8 Å². The molecule has 0 aliphatic heterocycles. The van der Waals surface area contributed by atoms with Gasteiger partial charge in [-0.15, -0.1) is 11.3 Å². The molecule has 0 radical (unpaired) electrons. The quantitative estimate of drug-likeness (QED) is 0.831. The Bertz CT molecular complexity index is 492. The predicted molar refractivity (Wildman–Crippen MR) is 61.1 cm³/mol. The maximum absolute atomic E-state index is 10.6. The molecule has 0 amide bonds. The maximum Gasteiger partial charge on any atom is 0.320 e. The van der Waals surface area contributed by atoms with Gasteiger partial charge in [0.25, 0.3) is 0 Å². The van der Waals surface area contributed by atoms with Crippen molar-refractivity contribution in [3.05, 3.63) is 35.2 Å². The van der Waals surface area contributed by atoms with Gasteiger partial charge in [0.15, 0.2) is 0 Å². The molecule has 0 spiro atoms. The monoisotopic (exact) mass is 221 g/mol. The Morgan fingerprint density at radius 2 is 2.20 bits per heavy atom. The van der Waals surface area contributed by atoms with Crippen molar-refractivity contribution < 1.29 is 9.90 Å². The normalized spacial score (nSPS) is 12.9. The average Bonchev–Trinajstić information content (AvgIpc) is 2.62. The number of carbonyl (C=O) groups is 1. The third-order valence-electron chi connectivity index (χ3n) is 2.32. The van der Waals surface area contributed by atoms with Crippen molar-refractivity contribution in [1.29, 1.82) is 0 Å². The molecule has 0 bridgehead atoms. The lowest BCUT2D eigenvalue weighted by molar-refractivity contribution is -0.138. The average molecular weight is 221 g/mol. The van der Waals surface area contributed by atoms with Gasteiger partial charge >= 0.3 is 5.97 Å². The van der Waals surface area contributed by atoms with Crippen molar-refractivity contribution in [3.63, 3.8) is 0 Å². The van der Waals surface area contributed by atoms with Gasteiger partial charge in [-0.2, -0.15) is 0 Å². The molecule has 0 aliphatic rings. The van der Waals surface area contributed by atoms with E-state index in [9.17, 15) is 4.79 Å². The van der Waals surface area contributed by atoms with E-state index in [2.05, 4.69) is 0 Å². The van der Waals surface area contributed by atoms with Crippen molar-refractivity contribution in [2.45, 2.75) is 12.5 Å². The zero-order valence-corrected chi connectivity index (χ0v) is 8.83. The predicted octanol–water partition coefficient (Wildman–Crippen LogP) is 1.86. The van der Waals surface area contributed by atoms with Crippen molar-refractivity contribution >= 4 is 27.4 Å². The number of fused-ring (bicyclic) bond motifs is 1. The third kappa shape index (κ3) is 2.00. The molecule has 1 aromatic carbocycles. The molecule has 3 N–H and O–H groups in total. The van der Waals surface area contributed by atoms with Crippen LogP contribution in [-0.4, -0.2) is 17.1 Å². The van der Waals surface area contributed by atoms with Crippen LogP contribution in [0.3, 0.4) is 0 Å². The van der Waals surface area contributed by atoms with Gasteiger partial charge < -0.3 is 10.8 Å². The first-order valence-corrected chi connectivity index (χ1v) is 5.50. The Morgan fingerprint density at radius 3 is 2.93 bits per heavy atom. The minimum absolute atomic E-state index is 0.388. The number of hydrogen-bond acceptors (Lipinski definition) is 3. The van der Waals surface area contributed by atoms with E-state index in [4.69, 9.17) is 10.8 Å². The summed E-state index contributed by atoms with van der Waals surface area (Å²) in [4.78, 5) is 10.6. The highest BCUT2D eigenvalue weighted by atomic mass is 32.1. The molecule has 15 heavy (non-hydrogen) atoms. The summed E-state index contributed by atoms with van der Waals surface area (Å²) in [5, 5.41) is 11.8. The van der Waals surface area contributed by atoms with Crippen molar-refractivity contribution in [1.82, 2.24) is 0 Å². The van der Waals surface area contributed by atoms with Crippen molar-refractivity contribution in [2.24, 2.45) is 5.73 Å². The molecule has 1 atom stereocenters. The second-order valence-electron chi connectivity index (χ2n) is 3.41. The van der Waals surface area contributed by atoms with Gasteiger partial charge in [-0.1, -0.05) is 18.2 Å². The van der Waals surface area contributed by atoms with Crippen LogP contribution in [0.25, 0.3) is 10.1 Å². The first-order chi connectivity index (χ1) is 7.18. The second-order valence-corrected chi connectivity index (χ2v) is 4.32. The van der Waals surface area contributed by atoms with Gasteiger partial charge in [0.2, 0.25) is 0 Å². The van der Waals surface area contributed by atoms with Crippen molar-refractivity contribution in [3.8, 4) is 0 Å². The molecule has 1 heterocycles. The fourth-order valence-corrected chi connectivity index (χ4v) is 2.49. The fraction of sp³-hybridized carbons (Fsp3) is 0.182. The molecule has 1 aromatic heterocycles. The van der Waals surface area contributed by atoms with Gasteiger partial charge in [0.05, 0.1) is 0 Å². The first-order valence-electron chi connectivity index (χ1n) is 4.62. The highest BCUT2D eigenvalue weighted by Gasteiger charge is 2.14. The number of thiophene rings is 1. The summed E-state index contributed by atoms with van der Waals surface area (Å²) in [5.74, 6) is -0.953. The van der Waals surface area contributed by atoms with E-state index in [1.807, 2.05) is 29.6 Å². The summed E-state index contributed by atoms with van der Waals surface area (Å²) >= 11 is 1.62. The van der Waals surface area contributed by atoms with Crippen LogP contribution in [0.2, 0.25) is 0 Å². The Kier molecular flexibility index (Phi) is 2.70. The lowest BCUT2D eigenvalue weighted by Crippen LogP contribution is -2.32. The number of rotatable bonds is 3. The Balaban J connectivity index is 2.32. The molecular formula is C11H11NO2S. The van der Waals surface area contributed by atoms with Crippen LogP contribution in [0.5, 0.6) is 0 Å². The lowest BCUT2D eigenvalue weighted by Gasteiger charge is -2.04. The number of carboxylic acids is 1. The Labute approximate surface area is 91.1 Å². The molecule has 0 saturated heterocycles. The van der Waals surface area contributed by atoms with Gasteiger partial charge in [0, 0.05) is 4.70 Å². The second kappa shape index (κ2) is 4.00. The molecule has 2 rings (SSSR count). The molecule has 0 unspecified atom stereocenters. The summed E-state index contributed by atoms with van der Waals surface area (Å²) in [6.07, 6.45) is 0.388. The highest BCUT2D eigenvalue weighted by Crippen LogP contribution is 2.26. The van der Waals surface area contributed by atoms with Gasteiger partial charge in [-0.3, -0.25) is 4.79 Å². The Hall–Kier alpha value is -1.39. The summed E-state index contributed by atoms with van der Waals surface area (Å²) < 4.78 is 1.17. The zero-order chi connectivity index (χ0) is 10.8. The topological polar surface area (TPSA) is 63.3 Å². The minimum atomic E-state index is -0.953. The number of carboxylic acid groups (broad SMARTS) is 1. The van der Waals surface area contributed by atoms with E-state index in [0.717, 1.165) is 10.9 Å². The summed E-state index contributed by atoms with van der Waals surface area (Å²) in [6.45, 7) is 0. The number of nitrogens with two attached hydrogens (primary N) is 1. The van der Waals surface area contributed by atoms with Crippen LogP contribution in [0.1, 0.15) is 5.56 Å². The number of benzene rings is 1. The molecule has 4 heteroatoms. The van der Waals surface area contributed by atoms with E-state index in [0.29, 0.717) is 6.42 Å². The van der Waals surface area contributed by atoms with Crippen LogP contribution in [0.4, 0.5) is 0 Å². The van der Waals surface area contributed by atoms with E-state index < -0.39 is 12.0 Å². The highest BCUT2D eigenvalue weighted by molar-refractivity contribution is 7.17. The zero-order valence-electron chi connectivity index (χ0n) is 8.01. The van der Waals surface area contributed by atoms with Crippen LogP contribution < -0.4 is 5.73 Å². The minimum Gasteiger partial charge on any atom is -0.480 e. The molecule has 0 fully saturated rings. The van der Waals surface area contributed by atoms with Crippen molar-refractivity contribution in [2.75, 3.05) is 0 Å². The summed E-state index contributed by atoms with van der Waals surface area (Å²) in [7, 11) is 0. The van der Waals surface area contributed by atoms with Crippen LogP contribution in [-0.2, 0) is 11.2 Å². The van der Waals surface area contributed by atoms with E-state index in [1.54, 1.807) is 11.3 Å². The smallest absolute Gasteiger partial charge is 0.320 e. The maximum atomic E-state index is 10.6. The summed E-state index contributed by atoms with van der Waals surface area (Å²) in [5.41, 5.74) is 6.52. The molecule has 0 aliphatic carbocycles. The van der Waals surface area contributed by atoms with Gasteiger partial charge in [0.1, 0.15) is 6.04 Å². The first kappa shape index (κ1) is 10.1. The van der Waals surface area contributed by atoms with Crippen LogP contribution >= 0.6 is 11.3 Å². The van der Waals surface area contributed by atoms with Crippen LogP contribution in [0.15, 0.2) is 29.6 Å². The SMILES string of the molecule is N[C@H](Cc1csc2ccccc12)C(=O)O. The van der Waals surface area contributed by atoms with E-state index in [-0.39, 0.29) is 0 Å². The van der Waals surface area contributed by atoms with E-state index >= 15 is 0 Å². The number of hydrogen-bond donors (Lipinski definition) is 2. The molecule has 78 valence electrons. The largest absolute Gasteiger partial charge is 0.480 e. The lowest BCUT2D eigenvalue weighted by atomic mass is 10.1. The van der Waals surface area contributed by atoms with E-state index in [1.165, 1.54) is 4.70 Å².